The van der Waals surface area contributed by atoms with E-state index in [0.29, 0.717) is 42.6 Å². The van der Waals surface area contributed by atoms with Gasteiger partial charge in [0.2, 0.25) is 0 Å². The predicted octanol–water partition coefficient (Wildman–Crippen LogP) is 1.59. The molecule has 1 aliphatic carbocycles. The smallest absolute Gasteiger partial charge is 0.259 e. The van der Waals surface area contributed by atoms with Crippen molar-refractivity contribution in [3.8, 4) is 0 Å². The Bertz CT molecular complexity index is 773. The van der Waals surface area contributed by atoms with Gasteiger partial charge in [-0.05, 0) is 32.6 Å². The number of ether oxygens (including phenoxy) is 1. The fraction of sp³-hybridized carbons (Fsp3) is 0.647. The minimum atomic E-state index is -0.0697. The first-order chi connectivity index (χ1) is 12.0. The molecule has 0 bridgehead atoms. The minimum Gasteiger partial charge on any atom is -0.380 e. The van der Waals surface area contributed by atoms with E-state index in [4.69, 9.17) is 9.26 Å². The average molecular weight is 345 g/mol. The van der Waals surface area contributed by atoms with Crippen LogP contribution >= 0.6 is 0 Å². The van der Waals surface area contributed by atoms with Crippen LogP contribution in [-0.4, -0.2) is 50.7 Å². The van der Waals surface area contributed by atoms with Crippen LogP contribution in [0.25, 0.3) is 0 Å². The van der Waals surface area contributed by atoms with Crippen LogP contribution in [0.3, 0.4) is 0 Å². The number of amides is 1. The molecule has 0 saturated heterocycles. The number of rotatable bonds is 5. The van der Waals surface area contributed by atoms with E-state index in [0.717, 1.165) is 18.0 Å². The Hall–Kier alpha value is -2.22. The summed E-state index contributed by atoms with van der Waals surface area (Å²) in [6, 6.07) is 0. The van der Waals surface area contributed by atoms with E-state index in [-0.39, 0.29) is 11.8 Å². The fourth-order valence-electron chi connectivity index (χ4n) is 3.51. The molecule has 0 unspecified atom stereocenters. The molecule has 0 spiro atoms. The first-order valence-electron chi connectivity index (χ1n) is 8.73. The van der Waals surface area contributed by atoms with Gasteiger partial charge in [0.15, 0.2) is 0 Å². The topological polar surface area (TPSA) is 86.3 Å². The lowest BCUT2D eigenvalue weighted by atomic mass is 9.98. The largest absolute Gasteiger partial charge is 0.380 e. The second-order valence-corrected chi connectivity index (χ2v) is 7.11. The molecule has 1 atom stereocenters. The van der Waals surface area contributed by atoms with Gasteiger partial charge < -0.3 is 14.2 Å². The highest BCUT2D eigenvalue weighted by Crippen LogP contribution is 2.31. The molecule has 1 amide bonds. The lowest BCUT2D eigenvalue weighted by molar-refractivity contribution is 0.0616. The zero-order chi connectivity index (χ0) is 17.6. The second-order valence-electron chi connectivity index (χ2n) is 7.11. The van der Waals surface area contributed by atoms with Crippen molar-refractivity contribution >= 4 is 5.91 Å². The summed E-state index contributed by atoms with van der Waals surface area (Å²) in [6.07, 6.45) is 2.53. The number of nitrogens with zero attached hydrogens (tertiary/aromatic N) is 5. The molecule has 8 heteroatoms. The van der Waals surface area contributed by atoms with Crippen LogP contribution in [-0.2, 0) is 18.3 Å². The van der Waals surface area contributed by atoms with Crippen molar-refractivity contribution in [1.29, 1.82) is 0 Å². The molecule has 8 nitrogen and oxygen atoms in total. The summed E-state index contributed by atoms with van der Waals surface area (Å²) in [4.78, 5) is 14.8. The highest BCUT2D eigenvalue weighted by molar-refractivity contribution is 5.96. The van der Waals surface area contributed by atoms with Crippen LogP contribution in [0.4, 0.5) is 0 Å². The molecule has 134 valence electrons. The quantitative estimate of drug-likeness (QED) is 0.818. The summed E-state index contributed by atoms with van der Waals surface area (Å²) in [6.45, 7) is 5.97. The van der Waals surface area contributed by atoms with Gasteiger partial charge in [0.05, 0.1) is 24.5 Å². The molecule has 1 fully saturated rings. The summed E-state index contributed by atoms with van der Waals surface area (Å²) in [5.74, 6) is 1.27. The molecule has 0 N–H and O–H groups in total. The van der Waals surface area contributed by atoms with E-state index in [2.05, 4.69) is 15.5 Å². The van der Waals surface area contributed by atoms with Gasteiger partial charge in [-0.1, -0.05) is 10.4 Å². The molecule has 2 aromatic heterocycles. The van der Waals surface area contributed by atoms with Crippen LogP contribution in [0, 0.1) is 19.8 Å². The van der Waals surface area contributed by atoms with Crippen molar-refractivity contribution in [3.05, 3.63) is 28.4 Å². The number of hydrogen-bond donors (Lipinski definition) is 0. The van der Waals surface area contributed by atoms with Crippen LogP contribution in [0.2, 0.25) is 0 Å². The first kappa shape index (κ1) is 16.3. The maximum atomic E-state index is 13.0. The van der Waals surface area contributed by atoms with Crippen molar-refractivity contribution in [2.24, 2.45) is 13.0 Å². The summed E-state index contributed by atoms with van der Waals surface area (Å²) in [5, 5.41) is 12.3. The van der Waals surface area contributed by atoms with E-state index >= 15 is 0 Å². The third-order valence-corrected chi connectivity index (χ3v) is 5.02. The molecule has 0 radical (unpaired) electrons. The fourth-order valence-corrected chi connectivity index (χ4v) is 3.51. The van der Waals surface area contributed by atoms with Crippen LogP contribution in [0.15, 0.2) is 4.52 Å². The second kappa shape index (κ2) is 6.25. The van der Waals surface area contributed by atoms with Gasteiger partial charge in [-0.15, -0.1) is 5.10 Å². The predicted molar refractivity (Wildman–Crippen MR) is 88.0 cm³/mol. The number of carbonyl (C=O) groups excluding carboxylic acids is 1. The van der Waals surface area contributed by atoms with Crippen LogP contribution in [0.5, 0.6) is 0 Å². The van der Waals surface area contributed by atoms with Gasteiger partial charge in [0.25, 0.3) is 5.91 Å². The van der Waals surface area contributed by atoms with Crippen molar-refractivity contribution < 1.29 is 14.1 Å². The van der Waals surface area contributed by atoms with Crippen molar-refractivity contribution in [2.75, 3.05) is 19.8 Å². The molecule has 0 aromatic carbocycles. The molecule has 2 aliphatic rings. The Balaban J connectivity index is 1.55. The Morgan fingerprint density at radius 1 is 1.32 bits per heavy atom. The number of fused-ring (bicyclic) bond motifs is 1. The molecular weight excluding hydrogens is 322 g/mol. The third kappa shape index (κ3) is 3.06. The van der Waals surface area contributed by atoms with Gasteiger partial charge in [-0.2, -0.15) is 0 Å². The molecule has 4 rings (SSSR count). The zero-order valence-electron chi connectivity index (χ0n) is 14.9. The average Bonchev–Trinajstić information content (AvgIpc) is 3.25. The number of aryl methyl sites for hydroxylation is 3. The summed E-state index contributed by atoms with van der Waals surface area (Å²) < 4.78 is 12.9. The summed E-state index contributed by atoms with van der Waals surface area (Å²) in [7, 11) is 1.89. The van der Waals surface area contributed by atoms with Gasteiger partial charge in [-0.3, -0.25) is 9.48 Å². The van der Waals surface area contributed by atoms with Crippen LogP contribution < -0.4 is 0 Å². The van der Waals surface area contributed by atoms with Gasteiger partial charge in [0.1, 0.15) is 17.0 Å². The lowest BCUT2D eigenvalue weighted by Gasteiger charge is -2.32. The van der Waals surface area contributed by atoms with Crippen molar-refractivity contribution in [1.82, 2.24) is 25.1 Å². The number of aromatic nitrogens is 4. The van der Waals surface area contributed by atoms with Crippen molar-refractivity contribution in [2.45, 2.75) is 39.2 Å². The van der Waals surface area contributed by atoms with Crippen molar-refractivity contribution in [3.63, 3.8) is 0 Å². The maximum absolute atomic E-state index is 13.0. The van der Waals surface area contributed by atoms with E-state index in [1.807, 2.05) is 7.05 Å². The Kier molecular flexibility index (Phi) is 4.07. The molecule has 2 aromatic rings. The van der Waals surface area contributed by atoms with Crippen LogP contribution in [0.1, 0.15) is 52.0 Å². The van der Waals surface area contributed by atoms with Gasteiger partial charge in [0, 0.05) is 26.1 Å². The highest BCUT2D eigenvalue weighted by atomic mass is 16.5. The molecule has 3 heterocycles. The maximum Gasteiger partial charge on any atom is 0.259 e. The minimum absolute atomic E-state index is 0.0697. The summed E-state index contributed by atoms with van der Waals surface area (Å²) >= 11 is 0. The van der Waals surface area contributed by atoms with E-state index in [1.54, 1.807) is 23.4 Å². The molecule has 25 heavy (non-hydrogen) atoms. The standard InChI is InChI=1S/C17H23N5O3/c1-10-15(11(2)25-19-10)17(23)22-6-13(9-24-8-12-4-5-12)16-14(7-22)18-20-21(16)3/h12-13H,4-9H2,1-3H3/t13-/m1/s1. The SMILES string of the molecule is Cc1noc(C)c1C(=O)N1Cc2nnn(C)c2[C@@H](COCC2CC2)C1. The van der Waals surface area contributed by atoms with Gasteiger partial charge >= 0.3 is 0 Å². The Morgan fingerprint density at radius 3 is 2.80 bits per heavy atom. The first-order valence-corrected chi connectivity index (χ1v) is 8.73. The van der Waals surface area contributed by atoms with Gasteiger partial charge in [-0.25, -0.2) is 0 Å². The number of carbonyl (C=O) groups is 1. The lowest BCUT2D eigenvalue weighted by Crippen LogP contribution is -2.40. The van der Waals surface area contributed by atoms with E-state index in [9.17, 15) is 4.79 Å². The third-order valence-electron chi connectivity index (χ3n) is 5.02. The molecule has 1 saturated carbocycles. The molecule has 1 aliphatic heterocycles. The number of hydrogen-bond acceptors (Lipinski definition) is 6. The Morgan fingerprint density at radius 2 is 2.12 bits per heavy atom. The summed E-state index contributed by atoms with van der Waals surface area (Å²) in [5.41, 5.74) is 3.08. The van der Waals surface area contributed by atoms with E-state index in [1.165, 1.54) is 12.8 Å². The normalized spacial score (nSPS) is 20.0. The monoisotopic (exact) mass is 345 g/mol. The highest BCUT2D eigenvalue weighted by Gasteiger charge is 2.35. The van der Waals surface area contributed by atoms with E-state index < -0.39 is 0 Å². The zero-order valence-corrected chi connectivity index (χ0v) is 14.9. The molecular formula is C17H23N5O3. The Labute approximate surface area is 146 Å².